The first-order valence-electron chi connectivity index (χ1n) is 6.55. The molecule has 1 N–H and O–H groups in total. The van der Waals surface area contributed by atoms with E-state index in [4.69, 9.17) is 16.3 Å². The molecule has 1 heterocycles. The molecule has 0 unspecified atom stereocenters. The molecule has 3 aromatic rings. The SMILES string of the molecule is Fc1ccccc1Nc1nc(COc2cccc(Cl)c2)cs1. The molecule has 3 nitrogen and oxygen atoms in total. The quantitative estimate of drug-likeness (QED) is 0.691. The second kappa shape index (κ2) is 6.77. The van der Waals surface area contributed by atoms with E-state index in [-0.39, 0.29) is 5.82 Å². The molecule has 0 aliphatic rings. The van der Waals surface area contributed by atoms with Crippen molar-refractivity contribution in [3.05, 3.63) is 70.4 Å². The summed E-state index contributed by atoms with van der Waals surface area (Å²) >= 11 is 7.29. The molecule has 112 valence electrons. The third-order valence-electron chi connectivity index (χ3n) is 2.85. The molecule has 0 radical (unpaired) electrons. The standard InChI is InChI=1S/C16H12ClFN2OS/c17-11-4-3-5-13(8-11)21-9-12-10-22-16(19-12)20-15-7-2-1-6-14(15)18/h1-8,10H,9H2,(H,19,20). The Morgan fingerprint density at radius 2 is 2.05 bits per heavy atom. The minimum Gasteiger partial charge on any atom is -0.487 e. The number of nitrogens with one attached hydrogen (secondary N) is 1. The molecule has 0 atom stereocenters. The van der Waals surface area contributed by atoms with E-state index in [1.54, 1.807) is 30.3 Å². The molecular formula is C16H12ClFN2OS. The van der Waals surface area contributed by atoms with Crippen molar-refractivity contribution < 1.29 is 9.13 Å². The van der Waals surface area contributed by atoms with Crippen molar-refractivity contribution in [3.63, 3.8) is 0 Å². The number of halogens is 2. The van der Waals surface area contributed by atoms with Crippen molar-refractivity contribution in [2.24, 2.45) is 0 Å². The number of para-hydroxylation sites is 1. The zero-order chi connectivity index (χ0) is 15.4. The van der Waals surface area contributed by atoms with Crippen LogP contribution in [0.4, 0.5) is 15.2 Å². The number of thiazole rings is 1. The molecule has 6 heteroatoms. The molecule has 0 fully saturated rings. The second-order valence-corrected chi connectivity index (χ2v) is 5.79. The Labute approximate surface area is 136 Å². The average molecular weight is 335 g/mol. The molecule has 3 rings (SSSR count). The summed E-state index contributed by atoms with van der Waals surface area (Å²) in [4.78, 5) is 4.37. The summed E-state index contributed by atoms with van der Waals surface area (Å²) in [6.45, 7) is 0.329. The third-order valence-corrected chi connectivity index (χ3v) is 3.89. The predicted molar refractivity (Wildman–Crippen MR) is 87.6 cm³/mol. The molecule has 0 aliphatic carbocycles. The van der Waals surface area contributed by atoms with Gasteiger partial charge in [-0.1, -0.05) is 29.8 Å². The first-order valence-corrected chi connectivity index (χ1v) is 7.81. The van der Waals surface area contributed by atoms with Crippen molar-refractivity contribution >= 4 is 33.8 Å². The summed E-state index contributed by atoms with van der Waals surface area (Å²) in [7, 11) is 0. The van der Waals surface area contributed by atoms with Crippen LogP contribution in [-0.4, -0.2) is 4.98 Å². The smallest absolute Gasteiger partial charge is 0.187 e. The highest BCUT2D eigenvalue weighted by Gasteiger charge is 2.06. The summed E-state index contributed by atoms with van der Waals surface area (Å²) in [6.07, 6.45) is 0. The number of nitrogens with zero attached hydrogens (tertiary/aromatic N) is 1. The van der Waals surface area contributed by atoms with Crippen LogP contribution in [0, 0.1) is 5.82 Å². The van der Waals surface area contributed by atoms with E-state index >= 15 is 0 Å². The second-order valence-electron chi connectivity index (χ2n) is 4.49. The average Bonchev–Trinajstić information content (AvgIpc) is 2.95. The largest absolute Gasteiger partial charge is 0.487 e. The minimum atomic E-state index is -0.311. The molecule has 22 heavy (non-hydrogen) atoms. The molecule has 0 bridgehead atoms. The van der Waals surface area contributed by atoms with Crippen LogP contribution >= 0.6 is 22.9 Å². The topological polar surface area (TPSA) is 34.2 Å². The molecule has 0 saturated heterocycles. The van der Waals surface area contributed by atoms with Crippen molar-refractivity contribution in [3.8, 4) is 5.75 Å². The number of hydrogen-bond acceptors (Lipinski definition) is 4. The van der Waals surface area contributed by atoms with Crippen LogP contribution in [0.2, 0.25) is 5.02 Å². The summed E-state index contributed by atoms with van der Waals surface area (Å²) in [5.74, 6) is 0.374. The zero-order valence-electron chi connectivity index (χ0n) is 11.4. The van der Waals surface area contributed by atoms with E-state index in [0.717, 1.165) is 5.69 Å². The highest BCUT2D eigenvalue weighted by Crippen LogP contribution is 2.24. The number of ether oxygens (including phenoxy) is 1. The van der Waals surface area contributed by atoms with Gasteiger partial charge in [0.15, 0.2) is 5.13 Å². The molecule has 0 saturated carbocycles. The summed E-state index contributed by atoms with van der Waals surface area (Å²) in [6, 6.07) is 13.7. The normalized spacial score (nSPS) is 10.5. The lowest BCUT2D eigenvalue weighted by Crippen LogP contribution is -1.97. The van der Waals surface area contributed by atoms with E-state index in [1.165, 1.54) is 17.4 Å². The van der Waals surface area contributed by atoms with E-state index in [9.17, 15) is 4.39 Å². The van der Waals surface area contributed by atoms with Gasteiger partial charge < -0.3 is 10.1 Å². The number of hydrogen-bond donors (Lipinski definition) is 1. The van der Waals surface area contributed by atoms with Crippen LogP contribution < -0.4 is 10.1 Å². The molecule has 0 amide bonds. The van der Waals surface area contributed by atoms with Crippen molar-refractivity contribution in [2.75, 3.05) is 5.32 Å². The van der Waals surface area contributed by atoms with E-state index < -0.39 is 0 Å². The fraction of sp³-hybridized carbons (Fsp3) is 0.0625. The van der Waals surface area contributed by atoms with E-state index in [1.807, 2.05) is 17.5 Å². The van der Waals surface area contributed by atoms with Crippen molar-refractivity contribution in [1.29, 1.82) is 0 Å². The fourth-order valence-electron chi connectivity index (χ4n) is 1.82. The van der Waals surface area contributed by atoms with Gasteiger partial charge in [-0.3, -0.25) is 0 Å². The Morgan fingerprint density at radius 3 is 2.86 bits per heavy atom. The van der Waals surface area contributed by atoms with Crippen LogP contribution in [0.25, 0.3) is 0 Å². The van der Waals surface area contributed by atoms with Gasteiger partial charge in [-0.25, -0.2) is 9.37 Å². The van der Waals surface area contributed by atoms with Crippen LogP contribution in [0.15, 0.2) is 53.9 Å². The minimum absolute atomic E-state index is 0.311. The molecular weight excluding hydrogens is 323 g/mol. The van der Waals surface area contributed by atoms with Crippen LogP contribution in [0.5, 0.6) is 5.75 Å². The first-order chi connectivity index (χ1) is 10.7. The predicted octanol–water partition coefficient (Wildman–Crippen LogP) is 5.26. The van der Waals surface area contributed by atoms with Gasteiger partial charge in [0.1, 0.15) is 18.2 Å². The molecule has 0 aliphatic heterocycles. The van der Waals surface area contributed by atoms with Gasteiger partial charge >= 0.3 is 0 Å². The van der Waals surface area contributed by atoms with Gasteiger partial charge in [0, 0.05) is 10.4 Å². The van der Waals surface area contributed by atoms with Crippen LogP contribution in [-0.2, 0) is 6.61 Å². The van der Waals surface area contributed by atoms with Gasteiger partial charge in [0.2, 0.25) is 0 Å². The Bertz CT molecular complexity index is 778. The molecule has 2 aromatic carbocycles. The Morgan fingerprint density at radius 1 is 1.18 bits per heavy atom. The summed E-state index contributed by atoms with van der Waals surface area (Å²) in [5, 5.41) is 6.07. The first kappa shape index (κ1) is 14.8. The molecule has 1 aromatic heterocycles. The van der Waals surface area contributed by atoms with Crippen molar-refractivity contribution in [1.82, 2.24) is 4.98 Å². The van der Waals surface area contributed by atoms with Crippen molar-refractivity contribution in [2.45, 2.75) is 6.61 Å². The van der Waals surface area contributed by atoms with Gasteiger partial charge in [0.05, 0.1) is 11.4 Å². The van der Waals surface area contributed by atoms with E-state index in [2.05, 4.69) is 10.3 Å². The Hall–Kier alpha value is -2.11. The van der Waals surface area contributed by atoms with Gasteiger partial charge in [-0.15, -0.1) is 11.3 Å². The third kappa shape index (κ3) is 3.75. The maximum Gasteiger partial charge on any atom is 0.187 e. The van der Waals surface area contributed by atoms with Crippen LogP contribution in [0.1, 0.15) is 5.69 Å². The Balaban J connectivity index is 1.63. The van der Waals surface area contributed by atoms with Crippen LogP contribution in [0.3, 0.4) is 0 Å². The maximum atomic E-state index is 13.6. The van der Waals surface area contributed by atoms with Gasteiger partial charge in [-0.2, -0.15) is 0 Å². The fourth-order valence-corrected chi connectivity index (χ4v) is 2.71. The highest BCUT2D eigenvalue weighted by molar-refractivity contribution is 7.13. The zero-order valence-corrected chi connectivity index (χ0v) is 13.0. The van der Waals surface area contributed by atoms with E-state index in [0.29, 0.717) is 28.2 Å². The lowest BCUT2D eigenvalue weighted by atomic mass is 10.3. The lowest BCUT2D eigenvalue weighted by molar-refractivity contribution is 0.302. The number of rotatable bonds is 5. The highest BCUT2D eigenvalue weighted by atomic mass is 35.5. The Kier molecular flexibility index (Phi) is 4.56. The number of benzene rings is 2. The maximum absolute atomic E-state index is 13.6. The van der Waals surface area contributed by atoms with Gasteiger partial charge in [0.25, 0.3) is 0 Å². The number of anilines is 2. The lowest BCUT2D eigenvalue weighted by Gasteiger charge is -2.04. The summed E-state index contributed by atoms with van der Waals surface area (Å²) < 4.78 is 19.2. The summed E-state index contributed by atoms with van der Waals surface area (Å²) in [5.41, 5.74) is 1.17. The number of aromatic nitrogens is 1. The monoisotopic (exact) mass is 334 g/mol. The van der Waals surface area contributed by atoms with Gasteiger partial charge in [-0.05, 0) is 30.3 Å². The molecule has 0 spiro atoms.